The minimum absolute atomic E-state index is 0.575. The van der Waals surface area contributed by atoms with Crippen molar-refractivity contribution in [2.45, 2.75) is 44.6 Å². The summed E-state index contributed by atoms with van der Waals surface area (Å²) in [5.41, 5.74) is 9.39. The number of rotatable bonds is 3. The van der Waals surface area contributed by atoms with Gasteiger partial charge in [0.05, 0.1) is 17.9 Å². The molecule has 0 radical (unpaired) electrons. The van der Waals surface area contributed by atoms with Crippen molar-refractivity contribution in [2.75, 3.05) is 5.73 Å². The Kier molecular flexibility index (Phi) is 3.53. The van der Waals surface area contributed by atoms with Crippen LogP contribution < -0.4 is 5.73 Å². The fourth-order valence-corrected chi connectivity index (χ4v) is 3.00. The lowest BCUT2D eigenvalue weighted by atomic mass is 9.86. The van der Waals surface area contributed by atoms with Gasteiger partial charge in [0, 0.05) is 12.1 Å². The van der Waals surface area contributed by atoms with E-state index in [1.807, 2.05) is 16.9 Å². The molecule has 0 amide bonds. The first-order chi connectivity index (χ1) is 9.33. The first-order valence-electron chi connectivity index (χ1n) is 7.19. The van der Waals surface area contributed by atoms with Crippen molar-refractivity contribution in [3.05, 3.63) is 47.8 Å². The molecule has 0 bridgehead atoms. The van der Waals surface area contributed by atoms with Gasteiger partial charge in [-0.05, 0) is 18.4 Å². The summed E-state index contributed by atoms with van der Waals surface area (Å²) in [6, 6.07) is 10.4. The van der Waals surface area contributed by atoms with Crippen LogP contribution in [0.1, 0.15) is 49.3 Å². The molecule has 1 aromatic carbocycles. The minimum atomic E-state index is 0.575. The predicted octanol–water partition coefficient (Wildman–Crippen LogP) is 3.56. The number of hydrogen-bond acceptors (Lipinski definition) is 2. The summed E-state index contributed by atoms with van der Waals surface area (Å²) in [5.74, 6) is 0.575. The standard InChI is InChI=1S/C16H21N3/c17-15-12-19(11-13-7-3-1-4-8-13)18-16(15)14-9-5-2-6-10-14/h1,3-4,7-8,12,14H,2,5-6,9-11,17H2. The molecule has 1 aromatic heterocycles. The van der Waals surface area contributed by atoms with E-state index in [9.17, 15) is 0 Å². The zero-order valence-corrected chi connectivity index (χ0v) is 11.3. The minimum Gasteiger partial charge on any atom is -0.396 e. The van der Waals surface area contributed by atoms with Gasteiger partial charge in [0.15, 0.2) is 0 Å². The lowest BCUT2D eigenvalue weighted by Gasteiger charge is -2.20. The van der Waals surface area contributed by atoms with Gasteiger partial charge in [-0.1, -0.05) is 49.6 Å². The summed E-state index contributed by atoms with van der Waals surface area (Å²) in [5, 5.41) is 4.72. The molecule has 3 rings (SSSR count). The van der Waals surface area contributed by atoms with E-state index in [4.69, 9.17) is 10.8 Å². The summed E-state index contributed by atoms with van der Waals surface area (Å²) < 4.78 is 1.98. The third-order valence-electron chi connectivity index (χ3n) is 4.00. The van der Waals surface area contributed by atoms with Crippen LogP contribution in [-0.4, -0.2) is 9.78 Å². The summed E-state index contributed by atoms with van der Waals surface area (Å²) in [4.78, 5) is 0. The van der Waals surface area contributed by atoms with E-state index >= 15 is 0 Å². The topological polar surface area (TPSA) is 43.8 Å². The molecule has 1 heterocycles. The number of nitrogens with two attached hydrogens (primary N) is 1. The average molecular weight is 255 g/mol. The van der Waals surface area contributed by atoms with Crippen LogP contribution in [0.2, 0.25) is 0 Å². The Labute approximate surface area is 114 Å². The zero-order chi connectivity index (χ0) is 13.1. The van der Waals surface area contributed by atoms with E-state index in [0.717, 1.165) is 17.9 Å². The highest BCUT2D eigenvalue weighted by atomic mass is 15.3. The van der Waals surface area contributed by atoms with E-state index in [1.54, 1.807) is 0 Å². The molecule has 1 aliphatic carbocycles. The molecule has 1 aliphatic rings. The second kappa shape index (κ2) is 5.47. The van der Waals surface area contributed by atoms with E-state index < -0.39 is 0 Å². The van der Waals surface area contributed by atoms with Gasteiger partial charge in [-0.2, -0.15) is 5.10 Å². The first kappa shape index (κ1) is 12.3. The molecule has 1 fully saturated rings. The summed E-state index contributed by atoms with van der Waals surface area (Å²) in [6.07, 6.45) is 8.46. The van der Waals surface area contributed by atoms with Crippen LogP contribution in [-0.2, 0) is 6.54 Å². The van der Waals surface area contributed by atoms with Crippen LogP contribution in [0.3, 0.4) is 0 Å². The number of nitrogen functional groups attached to an aromatic ring is 1. The molecule has 3 heteroatoms. The van der Waals surface area contributed by atoms with Gasteiger partial charge in [0.2, 0.25) is 0 Å². The van der Waals surface area contributed by atoms with E-state index in [0.29, 0.717) is 5.92 Å². The van der Waals surface area contributed by atoms with E-state index in [1.165, 1.54) is 37.7 Å². The van der Waals surface area contributed by atoms with Crippen LogP contribution in [0.25, 0.3) is 0 Å². The fraction of sp³-hybridized carbons (Fsp3) is 0.438. The molecule has 2 aromatic rings. The SMILES string of the molecule is Nc1cn(Cc2ccccc2)nc1C1CCCCC1. The van der Waals surface area contributed by atoms with E-state index in [2.05, 4.69) is 24.3 Å². The molecule has 1 saturated carbocycles. The van der Waals surface area contributed by atoms with Crippen LogP contribution >= 0.6 is 0 Å². The van der Waals surface area contributed by atoms with Crippen molar-refractivity contribution < 1.29 is 0 Å². The number of benzene rings is 1. The maximum Gasteiger partial charge on any atom is 0.0884 e. The van der Waals surface area contributed by atoms with Crippen molar-refractivity contribution in [3.8, 4) is 0 Å². The molecule has 19 heavy (non-hydrogen) atoms. The maximum atomic E-state index is 6.14. The monoisotopic (exact) mass is 255 g/mol. The zero-order valence-electron chi connectivity index (χ0n) is 11.3. The predicted molar refractivity (Wildman–Crippen MR) is 78.0 cm³/mol. The van der Waals surface area contributed by atoms with Crippen LogP contribution in [0.5, 0.6) is 0 Å². The molecular weight excluding hydrogens is 234 g/mol. The fourth-order valence-electron chi connectivity index (χ4n) is 3.00. The summed E-state index contributed by atoms with van der Waals surface area (Å²) in [7, 11) is 0. The van der Waals surface area contributed by atoms with Crippen molar-refractivity contribution in [1.82, 2.24) is 9.78 Å². The smallest absolute Gasteiger partial charge is 0.0884 e. The molecule has 100 valence electrons. The third kappa shape index (κ3) is 2.80. The molecule has 2 N–H and O–H groups in total. The van der Waals surface area contributed by atoms with Gasteiger partial charge >= 0.3 is 0 Å². The van der Waals surface area contributed by atoms with Crippen molar-refractivity contribution in [3.63, 3.8) is 0 Å². The quantitative estimate of drug-likeness (QED) is 0.911. The van der Waals surface area contributed by atoms with Crippen molar-refractivity contribution in [2.24, 2.45) is 0 Å². The molecule has 0 saturated heterocycles. The summed E-state index contributed by atoms with van der Waals surface area (Å²) in [6.45, 7) is 0.803. The molecule has 0 atom stereocenters. The molecule has 3 nitrogen and oxygen atoms in total. The Balaban J connectivity index is 1.77. The highest BCUT2D eigenvalue weighted by Gasteiger charge is 2.20. The number of aromatic nitrogens is 2. The largest absolute Gasteiger partial charge is 0.396 e. The Morgan fingerprint density at radius 2 is 1.84 bits per heavy atom. The normalized spacial score (nSPS) is 16.6. The van der Waals surface area contributed by atoms with Gasteiger partial charge in [-0.25, -0.2) is 0 Å². The highest BCUT2D eigenvalue weighted by molar-refractivity contribution is 5.43. The molecule has 0 unspecified atom stereocenters. The van der Waals surface area contributed by atoms with Gasteiger partial charge < -0.3 is 5.73 Å². The number of nitrogens with zero attached hydrogens (tertiary/aromatic N) is 2. The lowest BCUT2D eigenvalue weighted by molar-refractivity contribution is 0.433. The van der Waals surface area contributed by atoms with Crippen LogP contribution in [0.4, 0.5) is 5.69 Å². The summed E-state index contributed by atoms with van der Waals surface area (Å²) >= 11 is 0. The number of hydrogen-bond donors (Lipinski definition) is 1. The first-order valence-corrected chi connectivity index (χ1v) is 7.19. The maximum absolute atomic E-state index is 6.14. The number of anilines is 1. The Hall–Kier alpha value is -1.77. The Morgan fingerprint density at radius 1 is 1.11 bits per heavy atom. The molecular formula is C16H21N3. The highest BCUT2D eigenvalue weighted by Crippen LogP contribution is 2.34. The second-order valence-electron chi connectivity index (χ2n) is 5.49. The van der Waals surface area contributed by atoms with Crippen LogP contribution in [0, 0.1) is 0 Å². The Morgan fingerprint density at radius 3 is 2.58 bits per heavy atom. The lowest BCUT2D eigenvalue weighted by Crippen LogP contribution is -2.08. The average Bonchev–Trinajstić information content (AvgIpc) is 2.82. The van der Waals surface area contributed by atoms with Crippen molar-refractivity contribution in [1.29, 1.82) is 0 Å². The van der Waals surface area contributed by atoms with Gasteiger partial charge in [0.25, 0.3) is 0 Å². The van der Waals surface area contributed by atoms with Crippen LogP contribution in [0.15, 0.2) is 36.5 Å². The van der Waals surface area contributed by atoms with Gasteiger partial charge in [-0.3, -0.25) is 4.68 Å². The van der Waals surface area contributed by atoms with E-state index in [-0.39, 0.29) is 0 Å². The van der Waals surface area contributed by atoms with Gasteiger partial charge in [0.1, 0.15) is 0 Å². The van der Waals surface area contributed by atoms with Crippen molar-refractivity contribution >= 4 is 5.69 Å². The third-order valence-corrected chi connectivity index (χ3v) is 4.00. The molecule has 0 spiro atoms. The van der Waals surface area contributed by atoms with Gasteiger partial charge in [-0.15, -0.1) is 0 Å². The second-order valence-corrected chi connectivity index (χ2v) is 5.49. The Bertz CT molecular complexity index is 524. The molecule has 0 aliphatic heterocycles.